The molecule has 1 heterocycles. The van der Waals surface area contributed by atoms with Crippen molar-refractivity contribution in [3.8, 4) is 17.2 Å². The second-order valence-corrected chi connectivity index (χ2v) is 6.36. The van der Waals surface area contributed by atoms with E-state index in [-0.39, 0.29) is 18.1 Å². The largest absolute Gasteiger partial charge is 0.497 e. The van der Waals surface area contributed by atoms with E-state index < -0.39 is 0 Å². The van der Waals surface area contributed by atoms with Crippen LogP contribution in [0, 0.1) is 0 Å². The van der Waals surface area contributed by atoms with E-state index in [0.29, 0.717) is 23.6 Å². The van der Waals surface area contributed by atoms with Gasteiger partial charge in [0, 0.05) is 17.5 Å². The average Bonchev–Trinajstić information content (AvgIpc) is 3.07. The van der Waals surface area contributed by atoms with Crippen LogP contribution in [0.4, 0.5) is 0 Å². The topological polar surface area (TPSA) is 56.8 Å². The first-order chi connectivity index (χ1) is 11.5. The highest BCUT2D eigenvalue weighted by atomic mass is 16.7. The van der Waals surface area contributed by atoms with Crippen LogP contribution in [0.5, 0.6) is 17.2 Å². The summed E-state index contributed by atoms with van der Waals surface area (Å²) >= 11 is 0. The Morgan fingerprint density at radius 3 is 2.54 bits per heavy atom. The molecular formula is C19H21NO4. The molecule has 0 fully saturated rings. The molecule has 1 N–H and O–H groups in total. The van der Waals surface area contributed by atoms with Crippen molar-refractivity contribution >= 4 is 5.91 Å². The van der Waals surface area contributed by atoms with Crippen molar-refractivity contribution in [1.29, 1.82) is 0 Å². The minimum Gasteiger partial charge on any atom is -0.497 e. The third-order valence-electron chi connectivity index (χ3n) is 4.20. The van der Waals surface area contributed by atoms with Gasteiger partial charge < -0.3 is 19.5 Å². The molecule has 0 aliphatic carbocycles. The summed E-state index contributed by atoms with van der Waals surface area (Å²) in [5, 5.41) is 2.99. The second kappa shape index (κ2) is 6.43. The van der Waals surface area contributed by atoms with E-state index in [0.717, 1.165) is 11.3 Å². The van der Waals surface area contributed by atoms with Crippen LogP contribution in [0.25, 0.3) is 0 Å². The molecule has 0 saturated carbocycles. The lowest BCUT2D eigenvalue weighted by molar-refractivity contribution is 0.0945. The van der Waals surface area contributed by atoms with Crippen LogP contribution in [-0.4, -0.2) is 26.4 Å². The second-order valence-electron chi connectivity index (χ2n) is 6.36. The minimum absolute atomic E-state index is 0.130. The van der Waals surface area contributed by atoms with E-state index in [2.05, 4.69) is 19.2 Å². The van der Waals surface area contributed by atoms with Gasteiger partial charge in [-0.1, -0.05) is 26.0 Å². The van der Waals surface area contributed by atoms with Crippen molar-refractivity contribution in [2.75, 3.05) is 20.4 Å². The molecule has 0 radical (unpaired) electrons. The fourth-order valence-electron chi connectivity index (χ4n) is 2.59. The Kier molecular flexibility index (Phi) is 4.34. The van der Waals surface area contributed by atoms with Gasteiger partial charge in [-0.05, 0) is 35.9 Å². The lowest BCUT2D eigenvalue weighted by atomic mass is 9.84. The maximum Gasteiger partial charge on any atom is 0.251 e. The molecule has 1 aliphatic heterocycles. The highest BCUT2D eigenvalue weighted by Gasteiger charge is 2.22. The van der Waals surface area contributed by atoms with Crippen LogP contribution in [-0.2, 0) is 5.41 Å². The molecule has 0 bridgehead atoms. The highest BCUT2D eigenvalue weighted by molar-refractivity contribution is 5.95. The lowest BCUT2D eigenvalue weighted by Crippen LogP contribution is -2.36. The molecule has 0 aromatic heterocycles. The summed E-state index contributed by atoms with van der Waals surface area (Å²) in [6.45, 7) is 4.90. The number of fused-ring (bicyclic) bond motifs is 1. The van der Waals surface area contributed by atoms with Gasteiger partial charge in [-0.25, -0.2) is 0 Å². The molecule has 24 heavy (non-hydrogen) atoms. The first kappa shape index (κ1) is 16.2. The van der Waals surface area contributed by atoms with Crippen LogP contribution < -0.4 is 19.5 Å². The van der Waals surface area contributed by atoms with E-state index >= 15 is 0 Å². The first-order valence-electron chi connectivity index (χ1n) is 7.82. The lowest BCUT2D eigenvalue weighted by Gasteiger charge is -2.26. The number of hydrogen-bond acceptors (Lipinski definition) is 4. The van der Waals surface area contributed by atoms with Gasteiger partial charge in [0.2, 0.25) is 6.79 Å². The predicted molar refractivity (Wildman–Crippen MR) is 90.9 cm³/mol. The number of carbonyl (C=O) groups is 1. The van der Waals surface area contributed by atoms with Gasteiger partial charge in [-0.3, -0.25) is 4.79 Å². The summed E-state index contributed by atoms with van der Waals surface area (Å²) in [4.78, 5) is 12.4. The molecule has 5 nitrogen and oxygen atoms in total. The van der Waals surface area contributed by atoms with Crippen molar-refractivity contribution < 1.29 is 19.0 Å². The highest BCUT2D eigenvalue weighted by Crippen LogP contribution is 2.32. The van der Waals surface area contributed by atoms with Gasteiger partial charge in [-0.15, -0.1) is 0 Å². The van der Waals surface area contributed by atoms with E-state index in [1.165, 1.54) is 0 Å². The number of carbonyl (C=O) groups excluding carboxylic acids is 1. The first-order valence-corrected chi connectivity index (χ1v) is 7.82. The minimum atomic E-state index is -0.196. The van der Waals surface area contributed by atoms with Gasteiger partial charge in [-0.2, -0.15) is 0 Å². The van der Waals surface area contributed by atoms with Crippen molar-refractivity contribution in [3.63, 3.8) is 0 Å². The van der Waals surface area contributed by atoms with Gasteiger partial charge in [0.1, 0.15) is 5.75 Å². The normalized spacial score (nSPS) is 12.8. The molecule has 2 aromatic carbocycles. The molecule has 1 aliphatic rings. The predicted octanol–water partition coefficient (Wildman–Crippen LogP) is 3.13. The Labute approximate surface area is 141 Å². The summed E-state index contributed by atoms with van der Waals surface area (Å²) in [6, 6.07) is 13.1. The fourth-order valence-corrected chi connectivity index (χ4v) is 2.59. The number of nitrogens with one attached hydrogen (secondary N) is 1. The zero-order valence-electron chi connectivity index (χ0n) is 14.1. The van der Waals surface area contributed by atoms with Crippen molar-refractivity contribution in [1.82, 2.24) is 5.32 Å². The smallest absolute Gasteiger partial charge is 0.251 e. The molecule has 2 aromatic rings. The van der Waals surface area contributed by atoms with Crippen LogP contribution in [0.1, 0.15) is 29.8 Å². The Morgan fingerprint density at radius 1 is 1.12 bits per heavy atom. The van der Waals surface area contributed by atoms with Crippen LogP contribution >= 0.6 is 0 Å². The fraction of sp³-hybridized carbons (Fsp3) is 0.316. The zero-order valence-corrected chi connectivity index (χ0v) is 14.1. The number of amides is 1. The summed E-state index contributed by atoms with van der Waals surface area (Å²) in [7, 11) is 1.64. The summed E-state index contributed by atoms with van der Waals surface area (Å²) < 4.78 is 15.8. The molecule has 126 valence electrons. The quantitative estimate of drug-likeness (QED) is 0.917. The summed E-state index contributed by atoms with van der Waals surface area (Å²) in [6.07, 6.45) is 0. The maximum atomic E-state index is 12.4. The summed E-state index contributed by atoms with van der Waals surface area (Å²) in [5.74, 6) is 1.97. The Balaban J connectivity index is 1.66. The van der Waals surface area contributed by atoms with Crippen molar-refractivity contribution in [2.24, 2.45) is 0 Å². The Hall–Kier alpha value is -2.69. The molecule has 0 saturated heterocycles. The van der Waals surface area contributed by atoms with E-state index in [1.54, 1.807) is 25.3 Å². The molecular weight excluding hydrogens is 306 g/mol. The molecule has 5 heteroatoms. The van der Waals surface area contributed by atoms with Gasteiger partial charge >= 0.3 is 0 Å². The number of ether oxygens (including phenoxy) is 3. The number of methoxy groups -OCH3 is 1. The van der Waals surface area contributed by atoms with Crippen LogP contribution in [0.3, 0.4) is 0 Å². The zero-order chi connectivity index (χ0) is 17.2. The maximum absolute atomic E-state index is 12.4. The Morgan fingerprint density at radius 2 is 1.83 bits per heavy atom. The molecule has 1 amide bonds. The monoisotopic (exact) mass is 327 g/mol. The number of rotatable bonds is 5. The van der Waals surface area contributed by atoms with Crippen molar-refractivity contribution in [3.05, 3.63) is 53.6 Å². The molecule has 0 atom stereocenters. The summed E-state index contributed by atoms with van der Waals surface area (Å²) in [5.41, 5.74) is 1.50. The van der Waals surface area contributed by atoms with E-state index in [4.69, 9.17) is 14.2 Å². The van der Waals surface area contributed by atoms with Gasteiger partial charge in [0.25, 0.3) is 5.91 Å². The van der Waals surface area contributed by atoms with Crippen LogP contribution in [0.15, 0.2) is 42.5 Å². The SMILES string of the molecule is COc1ccc(C(C)(C)CNC(=O)c2ccc3c(c2)OCO3)cc1. The number of benzene rings is 2. The van der Waals surface area contributed by atoms with Crippen molar-refractivity contribution in [2.45, 2.75) is 19.3 Å². The average molecular weight is 327 g/mol. The van der Waals surface area contributed by atoms with E-state index in [1.807, 2.05) is 24.3 Å². The van der Waals surface area contributed by atoms with Gasteiger partial charge in [0.05, 0.1) is 7.11 Å². The third kappa shape index (κ3) is 3.30. The van der Waals surface area contributed by atoms with Gasteiger partial charge in [0.15, 0.2) is 11.5 Å². The van der Waals surface area contributed by atoms with Crippen LogP contribution in [0.2, 0.25) is 0 Å². The van der Waals surface area contributed by atoms with E-state index in [9.17, 15) is 4.79 Å². The number of hydrogen-bond donors (Lipinski definition) is 1. The Bertz CT molecular complexity index is 738. The molecule has 0 spiro atoms. The third-order valence-corrected chi connectivity index (χ3v) is 4.20. The standard InChI is InChI=1S/C19H21NO4/c1-19(2,14-5-7-15(22-3)8-6-14)11-20-18(21)13-4-9-16-17(10-13)24-12-23-16/h4-10H,11-12H2,1-3H3,(H,20,21). The molecule has 3 rings (SSSR count). The molecule has 0 unspecified atom stereocenters.